The van der Waals surface area contributed by atoms with E-state index in [0.29, 0.717) is 35.8 Å². The van der Waals surface area contributed by atoms with E-state index >= 15 is 0 Å². The van der Waals surface area contributed by atoms with Crippen LogP contribution in [0.1, 0.15) is 37.0 Å². The third-order valence-corrected chi connectivity index (χ3v) is 4.38. The molecule has 6 heteroatoms. The van der Waals surface area contributed by atoms with Crippen LogP contribution in [0.2, 0.25) is 5.02 Å². The van der Waals surface area contributed by atoms with Crippen molar-refractivity contribution >= 4 is 23.4 Å². The Labute approximate surface area is 135 Å². The highest BCUT2D eigenvalue weighted by molar-refractivity contribution is 6.32. The lowest BCUT2D eigenvalue weighted by atomic mass is 9.90. The summed E-state index contributed by atoms with van der Waals surface area (Å²) in [5.41, 5.74) is -0.362. The number of nitrogens with zero attached hydrogens (tertiary/aromatic N) is 1. The van der Waals surface area contributed by atoms with Crippen LogP contribution in [0.25, 0.3) is 0 Å². The van der Waals surface area contributed by atoms with Crippen LogP contribution in [-0.4, -0.2) is 42.5 Å². The number of halogens is 1. The molecule has 1 aliphatic rings. The number of ether oxygens (including phenoxy) is 1. The van der Waals surface area contributed by atoms with Gasteiger partial charge >= 0.3 is 0 Å². The Morgan fingerprint density at radius 1 is 1.50 bits per heavy atom. The van der Waals surface area contributed by atoms with Crippen molar-refractivity contribution in [1.82, 2.24) is 10.2 Å². The summed E-state index contributed by atoms with van der Waals surface area (Å²) in [5, 5.41) is 3.23. The Hall–Kier alpha value is -1.75. The first kappa shape index (κ1) is 16.6. The minimum atomic E-state index is -0.823. The van der Waals surface area contributed by atoms with Gasteiger partial charge in [-0.25, -0.2) is 0 Å². The van der Waals surface area contributed by atoms with E-state index in [1.807, 2.05) is 13.8 Å². The van der Waals surface area contributed by atoms with Crippen LogP contribution < -0.4 is 10.1 Å². The molecule has 1 aromatic rings. The van der Waals surface area contributed by atoms with Gasteiger partial charge in [0.2, 0.25) is 5.91 Å². The summed E-state index contributed by atoms with van der Waals surface area (Å²) in [7, 11) is 1.52. The van der Waals surface area contributed by atoms with Crippen molar-refractivity contribution in [3.05, 3.63) is 28.8 Å². The lowest BCUT2D eigenvalue weighted by Crippen LogP contribution is -2.64. The zero-order valence-corrected chi connectivity index (χ0v) is 13.9. The van der Waals surface area contributed by atoms with Crippen LogP contribution in [-0.2, 0) is 4.79 Å². The number of benzene rings is 1. The molecule has 0 saturated carbocycles. The Kier molecular flexibility index (Phi) is 4.96. The molecule has 1 fully saturated rings. The second-order valence-electron chi connectivity index (χ2n) is 5.59. The summed E-state index contributed by atoms with van der Waals surface area (Å²) >= 11 is 6.10. The van der Waals surface area contributed by atoms with Crippen LogP contribution in [0, 0.1) is 0 Å². The second-order valence-corrected chi connectivity index (χ2v) is 5.99. The maximum Gasteiger partial charge on any atom is 0.254 e. The predicted octanol–water partition coefficient (Wildman–Crippen LogP) is 2.48. The number of carbonyl (C=O) groups is 2. The summed E-state index contributed by atoms with van der Waals surface area (Å²) in [6, 6.07) is 4.92. The molecule has 1 unspecified atom stereocenters. The molecule has 0 aliphatic carbocycles. The second kappa shape index (κ2) is 6.57. The number of rotatable bonds is 4. The van der Waals surface area contributed by atoms with Crippen molar-refractivity contribution in [1.29, 1.82) is 0 Å². The highest BCUT2D eigenvalue weighted by Crippen LogP contribution is 2.29. The van der Waals surface area contributed by atoms with Crippen molar-refractivity contribution in [2.24, 2.45) is 0 Å². The molecule has 1 atom stereocenters. The highest BCUT2D eigenvalue weighted by Gasteiger charge is 2.43. The first-order chi connectivity index (χ1) is 10.4. The molecule has 0 bridgehead atoms. The first-order valence-electron chi connectivity index (χ1n) is 7.38. The molecule has 120 valence electrons. The number of amides is 2. The van der Waals surface area contributed by atoms with Crippen LogP contribution in [0.5, 0.6) is 5.75 Å². The van der Waals surface area contributed by atoms with E-state index in [9.17, 15) is 9.59 Å². The van der Waals surface area contributed by atoms with Crippen LogP contribution >= 0.6 is 11.6 Å². The fourth-order valence-corrected chi connectivity index (χ4v) is 3.11. The quantitative estimate of drug-likeness (QED) is 0.925. The van der Waals surface area contributed by atoms with Gasteiger partial charge in [0.05, 0.1) is 12.1 Å². The summed E-state index contributed by atoms with van der Waals surface area (Å²) in [6.07, 6.45) is 1.44. The predicted molar refractivity (Wildman–Crippen MR) is 85.4 cm³/mol. The number of piperazine rings is 1. The van der Waals surface area contributed by atoms with Crippen molar-refractivity contribution in [3.63, 3.8) is 0 Å². The van der Waals surface area contributed by atoms with Gasteiger partial charge in [0.1, 0.15) is 11.3 Å². The molecule has 1 N–H and O–H groups in total. The maximum absolute atomic E-state index is 12.8. The SMILES string of the molecule is CCCC1(C)C(=O)NCCN1C(=O)c1ccc(OC)c(Cl)c1. The molecule has 0 radical (unpaired) electrons. The van der Waals surface area contributed by atoms with Gasteiger partial charge in [0.15, 0.2) is 0 Å². The highest BCUT2D eigenvalue weighted by atomic mass is 35.5. The largest absolute Gasteiger partial charge is 0.495 e. The van der Waals surface area contributed by atoms with E-state index in [2.05, 4.69) is 5.32 Å². The van der Waals surface area contributed by atoms with Gasteiger partial charge < -0.3 is 15.0 Å². The lowest BCUT2D eigenvalue weighted by molar-refractivity contribution is -0.134. The number of carbonyl (C=O) groups excluding carboxylic acids is 2. The van der Waals surface area contributed by atoms with E-state index in [0.717, 1.165) is 6.42 Å². The molecule has 1 aromatic carbocycles. The Morgan fingerprint density at radius 3 is 2.82 bits per heavy atom. The smallest absolute Gasteiger partial charge is 0.254 e. The van der Waals surface area contributed by atoms with Crippen LogP contribution in [0.15, 0.2) is 18.2 Å². The third-order valence-electron chi connectivity index (χ3n) is 4.09. The molecular weight excluding hydrogens is 304 g/mol. The van der Waals surface area contributed by atoms with Gasteiger partial charge in [-0.2, -0.15) is 0 Å². The Bertz CT molecular complexity index is 591. The summed E-state index contributed by atoms with van der Waals surface area (Å²) < 4.78 is 5.10. The molecule has 0 aromatic heterocycles. The van der Waals surface area contributed by atoms with Gasteiger partial charge in [-0.15, -0.1) is 0 Å². The topological polar surface area (TPSA) is 58.6 Å². The van der Waals surface area contributed by atoms with Crippen molar-refractivity contribution in [3.8, 4) is 5.75 Å². The maximum atomic E-state index is 12.8. The third kappa shape index (κ3) is 2.90. The normalized spacial score (nSPS) is 21.5. The molecule has 1 aliphatic heterocycles. The van der Waals surface area contributed by atoms with E-state index in [4.69, 9.17) is 16.3 Å². The van der Waals surface area contributed by atoms with Gasteiger partial charge in [0.25, 0.3) is 5.91 Å². The van der Waals surface area contributed by atoms with Gasteiger partial charge in [-0.1, -0.05) is 24.9 Å². The molecular formula is C16H21ClN2O3. The molecule has 5 nitrogen and oxygen atoms in total. The average Bonchev–Trinajstić information content (AvgIpc) is 2.49. The van der Waals surface area contributed by atoms with Crippen LogP contribution in [0.3, 0.4) is 0 Å². The molecule has 22 heavy (non-hydrogen) atoms. The molecule has 1 saturated heterocycles. The Morgan fingerprint density at radius 2 is 2.23 bits per heavy atom. The fourth-order valence-electron chi connectivity index (χ4n) is 2.86. The van der Waals surface area contributed by atoms with Crippen molar-refractivity contribution in [2.75, 3.05) is 20.2 Å². The summed E-state index contributed by atoms with van der Waals surface area (Å²) in [4.78, 5) is 26.7. The van der Waals surface area contributed by atoms with Gasteiger partial charge in [-0.05, 0) is 31.5 Å². The van der Waals surface area contributed by atoms with Gasteiger partial charge in [-0.3, -0.25) is 9.59 Å². The molecule has 1 heterocycles. The monoisotopic (exact) mass is 324 g/mol. The van der Waals surface area contributed by atoms with E-state index in [-0.39, 0.29) is 11.8 Å². The van der Waals surface area contributed by atoms with Crippen LogP contribution in [0.4, 0.5) is 0 Å². The zero-order chi connectivity index (χ0) is 16.3. The Balaban J connectivity index is 2.33. The van der Waals surface area contributed by atoms with E-state index < -0.39 is 5.54 Å². The number of hydrogen-bond donors (Lipinski definition) is 1. The summed E-state index contributed by atoms with van der Waals surface area (Å²) in [5.74, 6) is 0.231. The first-order valence-corrected chi connectivity index (χ1v) is 7.75. The summed E-state index contributed by atoms with van der Waals surface area (Å²) in [6.45, 7) is 4.77. The van der Waals surface area contributed by atoms with Crippen molar-refractivity contribution < 1.29 is 14.3 Å². The van der Waals surface area contributed by atoms with Crippen molar-refractivity contribution in [2.45, 2.75) is 32.2 Å². The van der Waals surface area contributed by atoms with E-state index in [1.54, 1.807) is 23.1 Å². The minimum Gasteiger partial charge on any atom is -0.495 e. The average molecular weight is 325 g/mol. The van der Waals surface area contributed by atoms with E-state index in [1.165, 1.54) is 7.11 Å². The molecule has 0 spiro atoms. The zero-order valence-electron chi connectivity index (χ0n) is 13.1. The number of hydrogen-bond acceptors (Lipinski definition) is 3. The molecule has 2 amide bonds. The fraction of sp³-hybridized carbons (Fsp3) is 0.500. The number of nitrogens with one attached hydrogen (secondary N) is 1. The number of methoxy groups -OCH3 is 1. The minimum absolute atomic E-state index is 0.103. The standard InChI is InChI=1S/C16H21ClN2O3/c1-4-7-16(2)15(21)18-8-9-19(16)14(20)11-5-6-13(22-3)12(17)10-11/h5-6,10H,4,7-9H2,1-3H3,(H,18,21). The molecule has 2 rings (SSSR count). The lowest BCUT2D eigenvalue weighted by Gasteiger charge is -2.43. The van der Waals surface area contributed by atoms with Gasteiger partial charge in [0, 0.05) is 18.7 Å².